The first-order valence-electron chi connectivity index (χ1n) is 6.39. The van der Waals surface area contributed by atoms with E-state index in [0.29, 0.717) is 5.69 Å². The lowest BCUT2D eigenvalue weighted by molar-refractivity contribution is -0.186. The highest BCUT2D eigenvalue weighted by molar-refractivity contribution is 5.83. The van der Waals surface area contributed by atoms with E-state index in [9.17, 15) is 22.8 Å². The molecule has 6 nitrogen and oxygen atoms in total. The predicted octanol–water partition coefficient (Wildman–Crippen LogP) is 1.09. The quantitative estimate of drug-likeness (QED) is 0.907. The second-order valence-electron chi connectivity index (χ2n) is 4.76. The van der Waals surface area contributed by atoms with E-state index in [2.05, 4.69) is 10.3 Å². The van der Waals surface area contributed by atoms with Crippen LogP contribution in [-0.2, 0) is 16.1 Å². The van der Waals surface area contributed by atoms with Gasteiger partial charge in [-0.1, -0.05) is 0 Å². The maximum atomic E-state index is 12.3. The molecule has 0 unspecified atom stereocenters. The molecule has 9 heteroatoms. The summed E-state index contributed by atoms with van der Waals surface area (Å²) in [5.41, 5.74) is 0.563. The van der Waals surface area contributed by atoms with Crippen molar-refractivity contribution in [2.75, 3.05) is 13.1 Å². The Kier molecular flexibility index (Phi) is 4.49. The van der Waals surface area contributed by atoms with Crippen molar-refractivity contribution in [2.24, 2.45) is 5.92 Å². The molecule has 0 saturated carbocycles. The highest BCUT2D eigenvalue weighted by atomic mass is 19.4. The van der Waals surface area contributed by atoms with Crippen molar-refractivity contribution in [1.29, 1.82) is 0 Å². The molecule has 0 bridgehead atoms. The second-order valence-corrected chi connectivity index (χ2v) is 4.76. The fourth-order valence-electron chi connectivity index (χ4n) is 2.17. The number of hydrogen-bond donors (Lipinski definition) is 1. The van der Waals surface area contributed by atoms with Gasteiger partial charge in [-0.05, 0) is 12.8 Å². The van der Waals surface area contributed by atoms with E-state index >= 15 is 0 Å². The molecule has 21 heavy (non-hydrogen) atoms. The molecule has 2 amide bonds. The molecule has 1 aromatic rings. The Morgan fingerprint density at radius 3 is 2.57 bits per heavy atom. The molecule has 0 aliphatic carbocycles. The number of amides is 2. The molecule has 0 spiro atoms. The average Bonchev–Trinajstić information content (AvgIpc) is 2.96. The maximum Gasteiger partial charge on any atom is 0.471 e. The van der Waals surface area contributed by atoms with E-state index in [4.69, 9.17) is 4.42 Å². The molecule has 0 aromatic carbocycles. The van der Waals surface area contributed by atoms with Crippen LogP contribution in [0.3, 0.4) is 0 Å². The third-order valence-corrected chi connectivity index (χ3v) is 3.32. The molecular formula is C12H14F3N3O3. The molecule has 0 atom stereocenters. The molecule has 116 valence electrons. The van der Waals surface area contributed by atoms with Crippen LogP contribution in [0.25, 0.3) is 0 Å². The molecule has 1 aliphatic heterocycles. The van der Waals surface area contributed by atoms with Crippen LogP contribution in [0.2, 0.25) is 0 Å². The van der Waals surface area contributed by atoms with Gasteiger partial charge < -0.3 is 14.6 Å². The van der Waals surface area contributed by atoms with Gasteiger partial charge in [-0.15, -0.1) is 0 Å². The Morgan fingerprint density at radius 1 is 1.38 bits per heavy atom. The van der Waals surface area contributed by atoms with Crippen LogP contribution in [-0.4, -0.2) is 41.0 Å². The van der Waals surface area contributed by atoms with Crippen molar-refractivity contribution in [3.63, 3.8) is 0 Å². The summed E-state index contributed by atoms with van der Waals surface area (Å²) in [6.07, 6.45) is -1.80. The highest BCUT2D eigenvalue weighted by Gasteiger charge is 2.43. The number of carbonyl (C=O) groups is 2. The van der Waals surface area contributed by atoms with E-state index < -0.39 is 18.0 Å². The average molecular weight is 305 g/mol. The number of rotatable bonds is 3. The molecule has 1 aliphatic rings. The van der Waals surface area contributed by atoms with Gasteiger partial charge in [-0.2, -0.15) is 13.2 Å². The number of piperidine rings is 1. The van der Waals surface area contributed by atoms with Gasteiger partial charge >= 0.3 is 12.1 Å². The number of oxazole rings is 1. The largest absolute Gasteiger partial charge is 0.471 e. The molecule has 2 rings (SSSR count). The van der Waals surface area contributed by atoms with E-state index in [0.717, 1.165) is 4.90 Å². The first-order valence-corrected chi connectivity index (χ1v) is 6.39. The second kappa shape index (κ2) is 6.15. The van der Waals surface area contributed by atoms with Crippen LogP contribution in [0.5, 0.6) is 0 Å². The standard InChI is InChI=1S/C12H14F3N3O3/c13-12(14,15)11(20)18-3-1-8(2-4-18)10(19)16-5-9-6-21-7-17-9/h6-8H,1-5H2,(H,16,19). The third-order valence-electron chi connectivity index (χ3n) is 3.32. The Hall–Kier alpha value is -2.06. The van der Waals surface area contributed by atoms with Gasteiger partial charge in [0.2, 0.25) is 5.91 Å². The summed E-state index contributed by atoms with van der Waals surface area (Å²) in [4.78, 5) is 27.5. The zero-order valence-corrected chi connectivity index (χ0v) is 11.0. The monoisotopic (exact) mass is 305 g/mol. The van der Waals surface area contributed by atoms with Gasteiger partial charge in [0, 0.05) is 19.0 Å². The van der Waals surface area contributed by atoms with Crippen LogP contribution in [0.1, 0.15) is 18.5 Å². The summed E-state index contributed by atoms with van der Waals surface area (Å²) in [5, 5.41) is 2.64. The lowest BCUT2D eigenvalue weighted by Gasteiger charge is -2.31. The maximum absolute atomic E-state index is 12.3. The summed E-state index contributed by atoms with van der Waals surface area (Å²) in [6.45, 7) is 0.0673. The van der Waals surface area contributed by atoms with E-state index in [1.54, 1.807) is 0 Å². The molecule has 2 heterocycles. The van der Waals surface area contributed by atoms with Crippen molar-refractivity contribution >= 4 is 11.8 Å². The lowest BCUT2D eigenvalue weighted by atomic mass is 9.96. The first-order chi connectivity index (χ1) is 9.88. The van der Waals surface area contributed by atoms with Crippen LogP contribution >= 0.6 is 0 Å². The number of nitrogens with zero attached hydrogens (tertiary/aromatic N) is 2. The van der Waals surface area contributed by atoms with Gasteiger partial charge in [0.15, 0.2) is 6.39 Å². The van der Waals surface area contributed by atoms with Crippen molar-refractivity contribution in [1.82, 2.24) is 15.2 Å². The van der Waals surface area contributed by atoms with Crippen LogP contribution in [0.4, 0.5) is 13.2 Å². The summed E-state index contributed by atoms with van der Waals surface area (Å²) in [7, 11) is 0. The van der Waals surface area contributed by atoms with Gasteiger partial charge in [0.25, 0.3) is 0 Å². The Morgan fingerprint density at radius 2 is 2.05 bits per heavy atom. The minimum Gasteiger partial charge on any atom is -0.451 e. The minimum absolute atomic E-state index is 0.0691. The third kappa shape index (κ3) is 3.96. The number of halogens is 3. The van der Waals surface area contributed by atoms with Gasteiger partial charge in [0.1, 0.15) is 6.26 Å². The number of aromatic nitrogens is 1. The van der Waals surface area contributed by atoms with E-state index in [1.807, 2.05) is 0 Å². The zero-order chi connectivity index (χ0) is 15.5. The zero-order valence-electron chi connectivity index (χ0n) is 11.0. The topological polar surface area (TPSA) is 75.4 Å². The van der Waals surface area contributed by atoms with Crippen molar-refractivity contribution < 1.29 is 27.2 Å². The van der Waals surface area contributed by atoms with Crippen molar-refractivity contribution in [3.8, 4) is 0 Å². The summed E-state index contributed by atoms with van der Waals surface area (Å²) in [6, 6.07) is 0. The molecule has 1 aromatic heterocycles. The predicted molar refractivity (Wildman–Crippen MR) is 63.7 cm³/mol. The molecule has 1 saturated heterocycles. The minimum atomic E-state index is -4.86. The highest BCUT2D eigenvalue weighted by Crippen LogP contribution is 2.23. The summed E-state index contributed by atoms with van der Waals surface area (Å²) >= 11 is 0. The van der Waals surface area contributed by atoms with E-state index in [-0.39, 0.29) is 38.4 Å². The lowest BCUT2D eigenvalue weighted by Crippen LogP contribution is -2.47. The fourth-order valence-corrected chi connectivity index (χ4v) is 2.17. The smallest absolute Gasteiger partial charge is 0.451 e. The molecule has 0 radical (unpaired) electrons. The van der Waals surface area contributed by atoms with Crippen molar-refractivity contribution in [3.05, 3.63) is 18.4 Å². The first kappa shape index (κ1) is 15.3. The number of nitrogens with one attached hydrogen (secondary N) is 1. The number of hydrogen-bond acceptors (Lipinski definition) is 4. The van der Waals surface area contributed by atoms with Gasteiger partial charge in [-0.3, -0.25) is 9.59 Å². The Labute approximate surface area is 118 Å². The van der Waals surface area contributed by atoms with Crippen LogP contribution in [0, 0.1) is 5.92 Å². The summed E-state index contributed by atoms with van der Waals surface area (Å²) in [5.74, 6) is -2.49. The summed E-state index contributed by atoms with van der Waals surface area (Å²) < 4.78 is 41.6. The van der Waals surface area contributed by atoms with Crippen LogP contribution in [0.15, 0.2) is 17.1 Å². The molecule has 1 fully saturated rings. The van der Waals surface area contributed by atoms with Crippen molar-refractivity contribution in [2.45, 2.75) is 25.6 Å². The number of alkyl halides is 3. The number of carbonyl (C=O) groups excluding carboxylic acids is 2. The van der Waals surface area contributed by atoms with Gasteiger partial charge in [0.05, 0.1) is 12.2 Å². The Balaban J connectivity index is 1.78. The Bertz CT molecular complexity index is 494. The van der Waals surface area contributed by atoms with Gasteiger partial charge in [-0.25, -0.2) is 4.98 Å². The van der Waals surface area contributed by atoms with Crippen LogP contribution < -0.4 is 5.32 Å². The number of likely N-dealkylation sites (tertiary alicyclic amines) is 1. The fraction of sp³-hybridized carbons (Fsp3) is 0.583. The SMILES string of the molecule is O=C(NCc1cocn1)C1CCN(C(=O)C(F)(F)F)CC1. The molecule has 1 N–H and O–H groups in total. The van der Waals surface area contributed by atoms with E-state index in [1.165, 1.54) is 12.7 Å². The normalized spacial score (nSPS) is 16.8. The molecular weight excluding hydrogens is 291 g/mol.